The van der Waals surface area contributed by atoms with Crippen LogP contribution in [0.15, 0.2) is 29.2 Å². The van der Waals surface area contributed by atoms with E-state index in [0.717, 1.165) is 25.7 Å². The number of hydrogen-bond donors (Lipinski definition) is 0. The number of ketones is 1. The van der Waals surface area contributed by atoms with Gasteiger partial charge in [0, 0.05) is 11.5 Å². The van der Waals surface area contributed by atoms with Crippen molar-refractivity contribution in [3.8, 4) is 0 Å². The van der Waals surface area contributed by atoms with Crippen LogP contribution in [0.5, 0.6) is 0 Å². The van der Waals surface area contributed by atoms with Crippen molar-refractivity contribution in [2.45, 2.75) is 44.4 Å². The SMILES string of the molecule is CCCCC(CC)C(=O)c1ccc(S(=O)(=O)[O-])cc1.[Na+]. The van der Waals surface area contributed by atoms with Gasteiger partial charge >= 0.3 is 29.6 Å². The fourth-order valence-electron chi connectivity index (χ4n) is 1.99. The monoisotopic (exact) mass is 306 g/mol. The third kappa shape index (κ3) is 5.66. The first-order chi connectivity index (χ1) is 8.90. The molecule has 0 aliphatic heterocycles. The number of unbranched alkanes of at least 4 members (excludes halogenated alkanes) is 1. The zero-order chi connectivity index (χ0) is 14.5. The minimum Gasteiger partial charge on any atom is -0.744 e. The Morgan fingerprint density at radius 2 is 1.75 bits per heavy atom. The van der Waals surface area contributed by atoms with Gasteiger partial charge in [0.2, 0.25) is 0 Å². The summed E-state index contributed by atoms with van der Waals surface area (Å²) in [6, 6.07) is 5.23. The predicted octanol–water partition coefficient (Wildman–Crippen LogP) is -0.00620. The van der Waals surface area contributed by atoms with Crippen LogP contribution in [0.4, 0.5) is 0 Å². The molecule has 0 saturated heterocycles. The molecule has 0 N–H and O–H groups in total. The molecule has 0 heterocycles. The van der Waals surface area contributed by atoms with Crippen LogP contribution in [-0.4, -0.2) is 18.8 Å². The fraction of sp³-hybridized carbons (Fsp3) is 0.500. The van der Waals surface area contributed by atoms with E-state index in [1.165, 1.54) is 24.3 Å². The van der Waals surface area contributed by atoms with Gasteiger partial charge in [0.15, 0.2) is 5.78 Å². The minimum absolute atomic E-state index is 0. The first kappa shape index (κ1) is 19.8. The molecule has 0 amide bonds. The van der Waals surface area contributed by atoms with Crippen LogP contribution in [-0.2, 0) is 10.1 Å². The Balaban J connectivity index is 0.00000361. The van der Waals surface area contributed by atoms with Gasteiger partial charge in [0.05, 0.1) is 4.90 Å². The van der Waals surface area contributed by atoms with Crippen LogP contribution in [0.3, 0.4) is 0 Å². The molecule has 1 aromatic rings. The van der Waals surface area contributed by atoms with E-state index in [1.807, 2.05) is 6.92 Å². The summed E-state index contributed by atoms with van der Waals surface area (Å²) in [6.45, 7) is 4.04. The second-order valence-corrected chi connectivity index (χ2v) is 5.97. The molecule has 0 spiro atoms. The maximum absolute atomic E-state index is 12.2. The molecule has 0 aromatic heterocycles. The van der Waals surface area contributed by atoms with Crippen LogP contribution in [0.1, 0.15) is 49.9 Å². The van der Waals surface area contributed by atoms with E-state index in [4.69, 9.17) is 0 Å². The summed E-state index contributed by atoms with van der Waals surface area (Å²) in [7, 11) is -4.45. The summed E-state index contributed by atoms with van der Waals surface area (Å²) in [6.07, 6.45) is 3.64. The molecule has 0 aliphatic carbocycles. The van der Waals surface area contributed by atoms with Crippen molar-refractivity contribution in [1.29, 1.82) is 0 Å². The van der Waals surface area contributed by atoms with E-state index in [-0.39, 0.29) is 46.2 Å². The van der Waals surface area contributed by atoms with Crippen LogP contribution >= 0.6 is 0 Å². The van der Waals surface area contributed by atoms with E-state index in [0.29, 0.717) is 5.56 Å². The zero-order valence-corrected chi connectivity index (χ0v) is 15.1. The van der Waals surface area contributed by atoms with E-state index < -0.39 is 10.1 Å². The maximum atomic E-state index is 12.2. The quantitative estimate of drug-likeness (QED) is 0.403. The Bertz CT molecular complexity index is 523. The predicted molar refractivity (Wildman–Crippen MR) is 72.0 cm³/mol. The van der Waals surface area contributed by atoms with Crippen molar-refractivity contribution in [3.63, 3.8) is 0 Å². The third-order valence-electron chi connectivity index (χ3n) is 3.20. The maximum Gasteiger partial charge on any atom is 1.00 e. The molecular weight excluding hydrogens is 287 g/mol. The standard InChI is InChI=1S/C14H20O4S.Na/c1-3-5-6-11(4-2)14(15)12-7-9-13(10-8-12)19(16,17)18;/h7-11H,3-6H2,1-2H3,(H,16,17,18);/q;+1/p-1. The van der Waals surface area contributed by atoms with Crippen LogP contribution < -0.4 is 29.6 Å². The van der Waals surface area contributed by atoms with Gasteiger partial charge in [-0.15, -0.1) is 0 Å². The molecule has 0 radical (unpaired) electrons. The molecule has 1 atom stereocenters. The molecule has 0 saturated carbocycles. The van der Waals surface area contributed by atoms with Gasteiger partial charge in [-0.3, -0.25) is 4.79 Å². The molecule has 20 heavy (non-hydrogen) atoms. The van der Waals surface area contributed by atoms with E-state index in [1.54, 1.807) is 0 Å². The number of carbonyl (C=O) groups excluding carboxylic acids is 1. The molecule has 4 nitrogen and oxygen atoms in total. The number of Topliss-reactive ketones (excluding diaryl/α,β-unsaturated/α-hetero) is 1. The Morgan fingerprint density at radius 3 is 2.15 bits per heavy atom. The Labute approximate surface area is 143 Å². The average Bonchev–Trinajstić information content (AvgIpc) is 2.38. The molecule has 1 rings (SSSR count). The van der Waals surface area contributed by atoms with Crippen LogP contribution in [0, 0.1) is 5.92 Å². The second kappa shape index (κ2) is 8.95. The van der Waals surface area contributed by atoms with E-state index in [9.17, 15) is 17.8 Å². The number of hydrogen-bond acceptors (Lipinski definition) is 4. The van der Waals surface area contributed by atoms with Gasteiger partial charge in [-0.1, -0.05) is 38.8 Å². The topological polar surface area (TPSA) is 74.3 Å². The summed E-state index contributed by atoms with van der Waals surface area (Å²) in [5.74, 6) is -0.0135. The summed E-state index contributed by atoms with van der Waals surface area (Å²) < 4.78 is 32.4. The smallest absolute Gasteiger partial charge is 0.744 e. The summed E-state index contributed by atoms with van der Waals surface area (Å²) in [5.41, 5.74) is 0.468. The van der Waals surface area contributed by atoms with E-state index >= 15 is 0 Å². The van der Waals surface area contributed by atoms with Crippen molar-refractivity contribution in [3.05, 3.63) is 29.8 Å². The van der Waals surface area contributed by atoms with Crippen molar-refractivity contribution >= 4 is 15.9 Å². The normalized spacial score (nSPS) is 12.6. The third-order valence-corrected chi connectivity index (χ3v) is 4.05. The Hall–Kier alpha value is -0.200. The van der Waals surface area contributed by atoms with Gasteiger partial charge in [-0.2, -0.15) is 0 Å². The van der Waals surface area contributed by atoms with Crippen molar-refractivity contribution in [2.24, 2.45) is 5.92 Å². The van der Waals surface area contributed by atoms with Crippen molar-refractivity contribution < 1.29 is 47.3 Å². The first-order valence-corrected chi connectivity index (χ1v) is 7.91. The van der Waals surface area contributed by atoms with Gasteiger partial charge in [0.25, 0.3) is 0 Å². The average molecular weight is 306 g/mol. The molecule has 1 unspecified atom stereocenters. The minimum atomic E-state index is -4.45. The molecule has 6 heteroatoms. The number of benzene rings is 1. The van der Waals surface area contributed by atoms with Gasteiger partial charge in [-0.25, -0.2) is 8.42 Å². The van der Waals surface area contributed by atoms with Crippen LogP contribution in [0.25, 0.3) is 0 Å². The largest absolute Gasteiger partial charge is 1.00 e. The van der Waals surface area contributed by atoms with Crippen LogP contribution in [0.2, 0.25) is 0 Å². The molecule has 1 aromatic carbocycles. The van der Waals surface area contributed by atoms with Crippen molar-refractivity contribution in [2.75, 3.05) is 0 Å². The summed E-state index contributed by atoms with van der Waals surface area (Å²) in [4.78, 5) is 11.9. The molecular formula is C14H19NaO4S. The molecule has 0 aliphatic rings. The fourth-order valence-corrected chi connectivity index (χ4v) is 2.46. The van der Waals surface area contributed by atoms with Crippen molar-refractivity contribution in [1.82, 2.24) is 0 Å². The number of rotatable bonds is 7. The molecule has 106 valence electrons. The Morgan fingerprint density at radius 1 is 1.20 bits per heavy atom. The Kier molecular flexibility index (Phi) is 8.86. The zero-order valence-electron chi connectivity index (χ0n) is 12.3. The first-order valence-electron chi connectivity index (χ1n) is 6.50. The molecule has 0 bridgehead atoms. The number of carbonyl (C=O) groups is 1. The van der Waals surface area contributed by atoms with E-state index in [2.05, 4.69) is 6.92 Å². The molecule has 0 fully saturated rings. The summed E-state index contributed by atoms with van der Waals surface area (Å²) >= 11 is 0. The van der Waals surface area contributed by atoms with Gasteiger partial charge in [0.1, 0.15) is 10.1 Å². The van der Waals surface area contributed by atoms with Gasteiger partial charge in [-0.05, 0) is 25.0 Å². The summed E-state index contributed by atoms with van der Waals surface area (Å²) in [5, 5.41) is 0. The van der Waals surface area contributed by atoms with Gasteiger partial charge < -0.3 is 4.55 Å². The second-order valence-electron chi connectivity index (χ2n) is 4.59.